The number of hydrogen-bond acceptors (Lipinski definition) is 3. The van der Waals surface area contributed by atoms with E-state index in [1.807, 2.05) is 14.0 Å². The second kappa shape index (κ2) is 7.02. The van der Waals surface area contributed by atoms with Crippen LogP contribution >= 0.6 is 0 Å². The maximum Gasteiger partial charge on any atom is 0.257 e. The van der Waals surface area contributed by atoms with E-state index in [-0.39, 0.29) is 11.9 Å². The Kier molecular flexibility index (Phi) is 5.67. The van der Waals surface area contributed by atoms with Crippen molar-refractivity contribution in [3.05, 3.63) is 23.8 Å². The normalized spacial score (nSPS) is 10.6. The van der Waals surface area contributed by atoms with Crippen molar-refractivity contribution in [1.82, 2.24) is 4.90 Å². The number of anilines is 1. The van der Waals surface area contributed by atoms with Gasteiger partial charge >= 0.3 is 0 Å². The first kappa shape index (κ1) is 15.3. The first-order valence-electron chi connectivity index (χ1n) is 6.85. The molecule has 0 bridgehead atoms. The zero-order chi connectivity index (χ0) is 14.4. The highest BCUT2D eigenvalue weighted by Crippen LogP contribution is 2.28. The fourth-order valence-corrected chi connectivity index (χ4v) is 2.22. The summed E-state index contributed by atoms with van der Waals surface area (Å²) in [4.78, 5) is 14.3. The van der Waals surface area contributed by atoms with Gasteiger partial charge < -0.3 is 15.4 Å². The number of carbonyl (C=O) groups is 1. The molecule has 1 amide bonds. The first-order valence-corrected chi connectivity index (χ1v) is 6.85. The van der Waals surface area contributed by atoms with Crippen LogP contribution in [0.2, 0.25) is 0 Å². The number of benzene rings is 1. The highest BCUT2D eigenvalue weighted by atomic mass is 16.5. The average Bonchev–Trinajstić information content (AvgIpc) is 2.41. The molecule has 19 heavy (non-hydrogen) atoms. The summed E-state index contributed by atoms with van der Waals surface area (Å²) >= 11 is 0. The quantitative estimate of drug-likeness (QED) is 0.804. The van der Waals surface area contributed by atoms with Gasteiger partial charge in [-0.25, -0.2) is 0 Å². The molecule has 0 atom stereocenters. The molecule has 0 fully saturated rings. The molecule has 0 spiro atoms. The van der Waals surface area contributed by atoms with Crippen molar-refractivity contribution in [1.29, 1.82) is 0 Å². The Morgan fingerprint density at radius 2 is 1.95 bits per heavy atom. The summed E-state index contributed by atoms with van der Waals surface area (Å²) in [6.07, 6.45) is 1.87. The number of carbonyl (C=O) groups excluding carboxylic acids is 1. The van der Waals surface area contributed by atoms with Crippen molar-refractivity contribution in [2.75, 3.05) is 19.4 Å². The van der Waals surface area contributed by atoms with Crippen molar-refractivity contribution in [2.24, 2.45) is 0 Å². The SMILES string of the molecule is CCOc1c(N)cccc1C(=O)N(C)C(CC)CC. The van der Waals surface area contributed by atoms with Crippen molar-refractivity contribution >= 4 is 11.6 Å². The third-order valence-corrected chi connectivity index (χ3v) is 3.38. The maximum atomic E-state index is 12.5. The number of amides is 1. The zero-order valence-corrected chi connectivity index (χ0v) is 12.3. The Bertz CT molecular complexity index is 428. The third kappa shape index (κ3) is 3.40. The molecule has 0 heterocycles. The standard InChI is InChI=1S/C15H24N2O2/c1-5-11(6-2)17(4)15(18)12-9-8-10-13(16)14(12)19-7-3/h8-11H,5-7,16H2,1-4H3. The topological polar surface area (TPSA) is 55.6 Å². The van der Waals surface area contributed by atoms with Crippen LogP contribution in [0.1, 0.15) is 44.0 Å². The van der Waals surface area contributed by atoms with Crippen LogP contribution in [0, 0.1) is 0 Å². The van der Waals surface area contributed by atoms with E-state index >= 15 is 0 Å². The summed E-state index contributed by atoms with van der Waals surface area (Å²) in [6.45, 7) is 6.54. The summed E-state index contributed by atoms with van der Waals surface area (Å²) in [5.74, 6) is 0.456. The van der Waals surface area contributed by atoms with E-state index in [0.717, 1.165) is 12.8 Å². The molecule has 0 radical (unpaired) electrons. The van der Waals surface area contributed by atoms with Gasteiger partial charge in [0.1, 0.15) is 0 Å². The highest BCUT2D eigenvalue weighted by Gasteiger charge is 2.22. The average molecular weight is 264 g/mol. The largest absolute Gasteiger partial charge is 0.491 e. The Labute approximate surface area is 115 Å². The minimum atomic E-state index is -0.0375. The lowest BCUT2D eigenvalue weighted by molar-refractivity contribution is 0.0719. The molecule has 0 saturated heterocycles. The molecule has 4 heteroatoms. The van der Waals surface area contributed by atoms with Crippen LogP contribution in [-0.4, -0.2) is 30.5 Å². The summed E-state index contributed by atoms with van der Waals surface area (Å²) < 4.78 is 5.51. The van der Waals surface area contributed by atoms with E-state index in [4.69, 9.17) is 10.5 Å². The van der Waals surface area contributed by atoms with Gasteiger partial charge in [-0.3, -0.25) is 4.79 Å². The van der Waals surface area contributed by atoms with Gasteiger partial charge in [0, 0.05) is 13.1 Å². The van der Waals surface area contributed by atoms with E-state index in [9.17, 15) is 4.79 Å². The zero-order valence-electron chi connectivity index (χ0n) is 12.3. The van der Waals surface area contributed by atoms with Crippen molar-refractivity contribution in [3.8, 4) is 5.75 Å². The Balaban J connectivity index is 3.08. The Hall–Kier alpha value is -1.71. The van der Waals surface area contributed by atoms with E-state index in [1.54, 1.807) is 23.1 Å². The first-order chi connectivity index (χ1) is 9.06. The van der Waals surface area contributed by atoms with Crippen LogP contribution in [0.3, 0.4) is 0 Å². The van der Waals surface area contributed by atoms with Gasteiger partial charge in [-0.2, -0.15) is 0 Å². The third-order valence-electron chi connectivity index (χ3n) is 3.38. The summed E-state index contributed by atoms with van der Waals surface area (Å²) in [7, 11) is 1.83. The number of para-hydroxylation sites is 1. The van der Waals surface area contributed by atoms with Crippen LogP contribution in [0.5, 0.6) is 5.75 Å². The Morgan fingerprint density at radius 3 is 2.47 bits per heavy atom. The number of rotatable bonds is 6. The predicted molar refractivity (Wildman–Crippen MR) is 78.5 cm³/mol. The van der Waals surface area contributed by atoms with Crippen LogP contribution in [0.4, 0.5) is 5.69 Å². The lowest BCUT2D eigenvalue weighted by Crippen LogP contribution is -2.36. The molecule has 0 aliphatic carbocycles. The molecule has 0 aliphatic rings. The van der Waals surface area contributed by atoms with Crippen molar-refractivity contribution in [2.45, 2.75) is 39.7 Å². The summed E-state index contributed by atoms with van der Waals surface area (Å²) in [5.41, 5.74) is 6.93. The molecule has 0 saturated carbocycles. The predicted octanol–water partition coefficient (Wildman–Crippen LogP) is 2.93. The summed E-state index contributed by atoms with van der Waals surface area (Å²) in [5, 5.41) is 0. The fourth-order valence-electron chi connectivity index (χ4n) is 2.22. The molecular formula is C15H24N2O2. The molecule has 1 rings (SSSR count). The molecule has 1 aromatic carbocycles. The maximum absolute atomic E-state index is 12.5. The van der Waals surface area contributed by atoms with Crippen LogP contribution in [-0.2, 0) is 0 Å². The van der Waals surface area contributed by atoms with Gasteiger partial charge in [0.05, 0.1) is 17.9 Å². The van der Waals surface area contributed by atoms with Crippen LogP contribution < -0.4 is 10.5 Å². The van der Waals surface area contributed by atoms with E-state index < -0.39 is 0 Å². The van der Waals surface area contributed by atoms with E-state index in [0.29, 0.717) is 23.6 Å². The van der Waals surface area contributed by atoms with Gasteiger partial charge in [0.25, 0.3) is 5.91 Å². The molecule has 0 aliphatic heterocycles. The Morgan fingerprint density at radius 1 is 1.32 bits per heavy atom. The molecule has 0 aromatic heterocycles. The monoisotopic (exact) mass is 264 g/mol. The molecule has 1 aromatic rings. The van der Waals surface area contributed by atoms with Crippen molar-refractivity contribution in [3.63, 3.8) is 0 Å². The summed E-state index contributed by atoms with van der Waals surface area (Å²) in [6, 6.07) is 5.54. The lowest BCUT2D eigenvalue weighted by atomic mass is 10.1. The van der Waals surface area contributed by atoms with E-state index in [1.165, 1.54) is 0 Å². The van der Waals surface area contributed by atoms with Gasteiger partial charge in [-0.05, 0) is 31.9 Å². The minimum Gasteiger partial charge on any atom is -0.491 e. The molecule has 4 nitrogen and oxygen atoms in total. The number of nitrogen functional groups attached to an aromatic ring is 1. The highest BCUT2D eigenvalue weighted by molar-refractivity contribution is 5.98. The number of nitrogens with zero attached hydrogens (tertiary/aromatic N) is 1. The van der Waals surface area contributed by atoms with E-state index in [2.05, 4.69) is 13.8 Å². The second-order valence-electron chi connectivity index (χ2n) is 4.54. The lowest BCUT2D eigenvalue weighted by Gasteiger charge is -2.27. The second-order valence-corrected chi connectivity index (χ2v) is 4.54. The fraction of sp³-hybridized carbons (Fsp3) is 0.533. The van der Waals surface area contributed by atoms with Crippen LogP contribution in [0.25, 0.3) is 0 Å². The molecular weight excluding hydrogens is 240 g/mol. The molecule has 2 N–H and O–H groups in total. The van der Waals surface area contributed by atoms with Gasteiger partial charge in [-0.1, -0.05) is 19.9 Å². The number of ether oxygens (including phenoxy) is 1. The van der Waals surface area contributed by atoms with Crippen LogP contribution in [0.15, 0.2) is 18.2 Å². The van der Waals surface area contributed by atoms with Crippen molar-refractivity contribution < 1.29 is 9.53 Å². The number of nitrogens with two attached hydrogens (primary N) is 1. The molecule has 106 valence electrons. The number of hydrogen-bond donors (Lipinski definition) is 1. The van der Waals surface area contributed by atoms with Gasteiger partial charge in [0.2, 0.25) is 0 Å². The minimum absolute atomic E-state index is 0.0375. The van der Waals surface area contributed by atoms with Gasteiger partial charge in [-0.15, -0.1) is 0 Å². The van der Waals surface area contributed by atoms with Gasteiger partial charge in [0.15, 0.2) is 5.75 Å². The smallest absolute Gasteiger partial charge is 0.257 e. The molecule has 0 unspecified atom stereocenters.